The number of pyridine rings is 1. The van der Waals surface area contributed by atoms with E-state index >= 15 is 0 Å². The van der Waals surface area contributed by atoms with Crippen molar-refractivity contribution in [3.05, 3.63) is 101 Å². The lowest BCUT2D eigenvalue weighted by atomic mass is 10.0. The minimum absolute atomic E-state index is 0.540. The first kappa shape index (κ1) is 17.7. The predicted octanol–water partition coefficient (Wildman–Crippen LogP) is 6.58. The molecule has 0 saturated carbocycles. The van der Waals surface area contributed by atoms with E-state index in [0.29, 0.717) is 13.2 Å². The lowest BCUT2D eigenvalue weighted by Crippen LogP contribution is -1.98. The number of halogens is 1. The van der Waals surface area contributed by atoms with Crippen molar-refractivity contribution in [2.45, 2.75) is 20.1 Å². The highest BCUT2D eigenvalue weighted by atomic mass is 35.5. The number of rotatable bonds is 5. The van der Waals surface area contributed by atoms with Crippen LogP contribution in [0.25, 0.3) is 22.2 Å². The molecule has 0 aliphatic heterocycles. The fourth-order valence-corrected chi connectivity index (χ4v) is 3.28. The van der Waals surface area contributed by atoms with Gasteiger partial charge in [0, 0.05) is 16.0 Å². The highest BCUT2D eigenvalue weighted by molar-refractivity contribution is 6.30. The van der Waals surface area contributed by atoms with Gasteiger partial charge in [0.05, 0.1) is 24.4 Å². The Balaban J connectivity index is 1.68. The maximum atomic E-state index is 6.03. The van der Waals surface area contributed by atoms with Crippen molar-refractivity contribution < 1.29 is 4.74 Å². The van der Waals surface area contributed by atoms with Gasteiger partial charge in [0.25, 0.3) is 0 Å². The number of aromatic nitrogens is 1. The van der Waals surface area contributed by atoms with Gasteiger partial charge < -0.3 is 4.74 Å². The SMILES string of the molecule is Cc1ccc2nc(-c3ccc(Cl)cc3)cc(COCc3ccccc3)c2c1. The third-order valence-electron chi connectivity index (χ3n) is 4.56. The van der Waals surface area contributed by atoms with Crippen LogP contribution in [0.5, 0.6) is 0 Å². The fraction of sp³-hybridized carbons (Fsp3) is 0.125. The summed E-state index contributed by atoms with van der Waals surface area (Å²) in [6.07, 6.45) is 0. The Morgan fingerprint density at radius 2 is 1.63 bits per heavy atom. The number of benzene rings is 3. The van der Waals surface area contributed by atoms with Crippen LogP contribution in [0.1, 0.15) is 16.7 Å². The Morgan fingerprint density at radius 1 is 0.852 bits per heavy atom. The van der Waals surface area contributed by atoms with Crippen LogP contribution in [0.4, 0.5) is 0 Å². The van der Waals surface area contributed by atoms with Crippen LogP contribution in [-0.2, 0) is 18.0 Å². The highest BCUT2D eigenvalue weighted by Gasteiger charge is 2.09. The normalized spacial score (nSPS) is 11.0. The van der Waals surface area contributed by atoms with E-state index in [-0.39, 0.29) is 0 Å². The van der Waals surface area contributed by atoms with E-state index in [1.165, 1.54) is 11.1 Å². The van der Waals surface area contributed by atoms with E-state index < -0.39 is 0 Å². The van der Waals surface area contributed by atoms with Gasteiger partial charge in [-0.1, -0.05) is 65.7 Å². The summed E-state index contributed by atoms with van der Waals surface area (Å²) >= 11 is 6.03. The summed E-state index contributed by atoms with van der Waals surface area (Å²) in [4.78, 5) is 4.84. The van der Waals surface area contributed by atoms with E-state index in [9.17, 15) is 0 Å². The van der Waals surface area contributed by atoms with Crippen LogP contribution in [0, 0.1) is 6.92 Å². The number of hydrogen-bond donors (Lipinski definition) is 0. The van der Waals surface area contributed by atoms with Gasteiger partial charge in [0.2, 0.25) is 0 Å². The molecule has 0 spiro atoms. The molecule has 0 radical (unpaired) electrons. The van der Waals surface area contributed by atoms with Crippen LogP contribution < -0.4 is 0 Å². The Morgan fingerprint density at radius 3 is 2.41 bits per heavy atom. The lowest BCUT2D eigenvalue weighted by molar-refractivity contribution is 0.108. The molecule has 2 nitrogen and oxygen atoms in total. The van der Waals surface area contributed by atoms with E-state index in [2.05, 4.69) is 43.3 Å². The second-order valence-electron chi connectivity index (χ2n) is 6.67. The zero-order chi connectivity index (χ0) is 18.6. The molecule has 0 fully saturated rings. The molecule has 1 heterocycles. The maximum absolute atomic E-state index is 6.03. The standard InChI is InChI=1S/C24H20ClNO/c1-17-7-12-23-22(13-17)20(16-27-15-18-5-3-2-4-6-18)14-24(26-23)19-8-10-21(25)11-9-19/h2-14H,15-16H2,1H3. The molecule has 27 heavy (non-hydrogen) atoms. The van der Waals surface area contributed by atoms with Crippen LogP contribution in [-0.4, -0.2) is 4.98 Å². The number of ether oxygens (including phenoxy) is 1. The molecule has 0 atom stereocenters. The smallest absolute Gasteiger partial charge is 0.0728 e. The molecule has 0 amide bonds. The number of fused-ring (bicyclic) bond motifs is 1. The third-order valence-corrected chi connectivity index (χ3v) is 4.81. The molecule has 4 rings (SSSR count). The molecule has 0 aliphatic rings. The van der Waals surface area contributed by atoms with E-state index in [1.807, 2.05) is 42.5 Å². The van der Waals surface area contributed by atoms with Gasteiger partial charge in [-0.3, -0.25) is 0 Å². The van der Waals surface area contributed by atoms with Crippen molar-refractivity contribution in [1.29, 1.82) is 0 Å². The van der Waals surface area contributed by atoms with Crippen molar-refractivity contribution in [2.24, 2.45) is 0 Å². The quantitative estimate of drug-likeness (QED) is 0.394. The zero-order valence-electron chi connectivity index (χ0n) is 15.2. The lowest BCUT2D eigenvalue weighted by Gasteiger charge is -2.12. The van der Waals surface area contributed by atoms with Crippen LogP contribution in [0.3, 0.4) is 0 Å². The van der Waals surface area contributed by atoms with Gasteiger partial charge in [-0.05, 0) is 48.4 Å². The first-order valence-corrected chi connectivity index (χ1v) is 9.35. The van der Waals surface area contributed by atoms with E-state index in [4.69, 9.17) is 21.3 Å². The summed E-state index contributed by atoms with van der Waals surface area (Å²) in [5.74, 6) is 0. The molecule has 4 aromatic rings. The average molecular weight is 374 g/mol. The topological polar surface area (TPSA) is 22.1 Å². The van der Waals surface area contributed by atoms with Crippen LogP contribution in [0.2, 0.25) is 5.02 Å². The summed E-state index contributed by atoms with van der Waals surface area (Å²) in [6.45, 7) is 3.23. The predicted molar refractivity (Wildman–Crippen MR) is 112 cm³/mol. The Hall–Kier alpha value is -2.68. The minimum atomic E-state index is 0.540. The van der Waals surface area contributed by atoms with Crippen molar-refractivity contribution >= 4 is 22.5 Å². The first-order valence-electron chi connectivity index (χ1n) is 8.97. The summed E-state index contributed by atoms with van der Waals surface area (Å²) in [5, 5.41) is 1.86. The van der Waals surface area contributed by atoms with E-state index in [1.54, 1.807) is 0 Å². The van der Waals surface area contributed by atoms with Gasteiger partial charge in [-0.25, -0.2) is 4.98 Å². The van der Waals surface area contributed by atoms with Gasteiger partial charge >= 0.3 is 0 Å². The maximum Gasteiger partial charge on any atom is 0.0728 e. The monoisotopic (exact) mass is 373 g/mol. The molecule has 0 bridgehead atoms. The molecule has 1 aromatic heterocycles. The van der Waals surface area contributed by atoms with E-state index in [0.717, 1.165) is 32.7 Å². The fourth-order valence-electron chi connectivity index (χ4n) is 3.15. The molecule has 0 aliphatic carbocycles. The molecule has 0 N–H and O–H groups in total. The van der Waals surface area contributed by atoms with Crippen LogP contribution >= 0.6 is 11.6 Å². The molecule has 134 valence electrons. The Labute approximate surface area is 164 Å². The number of aryl methyl sites for hydroxylation is 1. The highest BCUT2D eigenvalue weighted by Crippen LogP contribution is 2.27. The Kier molecular flexibility index (Phi) is 5.19. The molecule has 0 unspecified atom stereocenters. The average Bonchev–Trinajstić information content (AvgIpc) is 2.69. The molecule has 3 aromatic carbocycles. The molecular formula is C24H20ClNO. The summed E-state index contributed by atoms with van der Waals surface area (Å²) in [6, 6.07) is 26.5. The van der Waals surface area contributed by atoms with Crippen molar-refractivity contribution in [2.75, 3.05) is 0 Å². The second-order valence-corrected chi connectivity index (χ2v) is 7.11. The first-order chi connectivity index (χ1) is 13.2. The van der Waals surface area contributed by atoms with Gasteiger partial charge in [0.15, 0.2) is 0 Å². The molecule has 0 saturated heterocycles. The summed E-state index contributed by atoms with van der Waals surface area (Å²) < 4.78 is 6.01. The minimum Gasteiger partial charge on any atom is -0.372 e. The zero-order valence-corrected chi connectivity index (χ0v) is 15.9. The Bertz CT molecular complexity index is 1060. The third kappa shape index (κ3) is 4.19. The van der Waals surface area contributed by atoms with Crippen LogP contribution in [0.15, 0.2) is 78.9 Å². The molecular weight excluding hydrogens is 354 g/mol. The summed E-state index contributed by atoms with van der Waals surface area (Å²) in [7, 11) is 0. The second kappa shape index (κ2) is 7.91. The largest absolute Gasteiger partial charge is 0.372 e. The van der Waals surface area contributed by atoms with Crippen molar-refractivity contribution in [3.63, 3.8) is 0 Å². The van der Waals surface area contributed by atoms with Gasteiger partial charge in [0.1, 0.15) is 0 Å². The molecule has 3 heteroatoms. The van der Waals surface area contributed by atoms with Crippen molar-refractivity contribution in [1.82, 2.24) is 4.98 Å². The van der Waals surface area contributed by atoms with Gasteiger partial charge in [-0.15, -0.1) is 0 Å². The summed E-state index contributed by atoms with van der Waals surface area (Å²) in [5.41, 5.74) is 6.49. The number of hydrogen-bond acceptors (Lipinski definition) is 2. The van der Waals surface area contributed by atoms with Gasteiger partial charge in [-0.2, -0.15) is 0 Å². The number of nitrogens with zero attached hydrogens (tertiary/aromatic N) is 1. The van der Waals surface area contributed by atoms with Crippen molar-refractivity contribution in [3.8, 4) is 11.3 Å².